The van der Waals surface area contributed by atoms with Gasteiger partial charge < -0.3 is 14.1 Å². The van der Waals surface area contributed by atoms with Gasteiger partial charge in [0.05, 0.1) is 18.8 Å². The lowest BCUT2D eigenvalue weighted by Gasteiger charge is -2.26. The molecule has 0 bridgehead atoms. The zero-order valence-corrected chi connectivity index (χ0v) is 13.2. The molecule has 10 heteroatoms. The van der Waals surface area contributed by atoms with E-state index in [1.54, 1.807) is 0 Å². The van der Waals surface area contributed by atoms with Gasteiger partial charge in [0.15, 0.2) is 0 Å². The first-order valence-corrected chi connectivity index (χ1v) is 9.80. The van der Waals surface area contributed by atoms with Gasteiger partial charge in [-0.1, -0.05) is 0 Å². The lowest BCUT2D eigenvalue weighted by Crippen LogP contribution is -2.40. The van der Waals surface area contributed by atoms with Crippen molar-refractivity contribution in [3.63, 3.8) is 0 Å². The molecule has 1 fully saturated rings. The molecule has 1 saturated heterocycles. The molecule has 118 valence electrons. The monoisotopic (exact) mass is 337 g/mol. The van der Waals surface area contributed by atoms with Crippen LogP contribution in [0.25, 0.3) is 0 Å². The van der Waals surface area contributed by atoms with Gasteiger partial charge in [-0.2, -0.15) is 0 Å². The highest BCUT2D eigenvalue weighted by Gasteiger charge is 2.31. The van der Waals surface area contributed by atoms with Crippen LogP contribution in [0.5, 0.6) is 0 Å². The molecule has 0 aromatic carbocycles. The van der Waals surface area contributed by atoms with E-state index >= 15 is 0 Å². The van der Waals surface area contributed by atoms with Crippen LogP contribution in [0.4, 0.5) is 0 Å². The molecule has 1 aromatic rings. The Balaban J connectivity index is 2.51. The van der Waals surface area contributed by atoms with Crippen LogP contribution in [0.15, 0.2) is 20.7 Å². The molecule has 1 aliphatic heterocycles. The highest BCUT2D eigenvalue weighted by atomic mass is 32.2. The molecule has 0 saturated carbocycles. The van der Waals surface area contributed by atoms with Gasteiger partial charge in [-0.05, 0) is 0 Å². The van der Waals surface area contributed by atoms with Gasteiger partial charge in [0, 0.05) is 31.7 Å². The van der Waals surface area contributed by atoms with E-state index in [2.05, 4.69) is 0 Å². The summed E-state index contributed by atoms with van der Waals surface area (Å²) in [7, 11) is -7.62. The van der Waals surface area contributed by atoms with Crippen LogP contribution in [0, 0.1) is 0 Å². The Morgan fingerprint density at radius 3 is 2.14 bits per heavy atom. The fraction of sp³-hybridized carbons (Fsp3) is 0.545. The standard InChI is InChI=1S/C11H15NO7S2/c1-20(14,15)9-7-8(11(19-9)21(2,16)17)10(13)12-3-5-18-6-4-12/h7H,3-6H2,1-2H3. The third-order valence-corrected chi connectivity index (χ3v) is 4.82. The van der Waals surface area contributed by atoms with Crippen LogP contribution < -0.4 is 0 Å². The van der Waals surface area contributed by atoms with Crippen LogP contribution in [0.2, 0.25) is 0 Å². The first-order chi connectivity index (χ1) is 9.60. The minimum Gasteiger partial charge on any atom is -0.432 e. The van der Waals surface area contributed by atoms with E-state index in [4.69, 9.17) is 9.15 Å². The van der Waals surface area contributed by atoms with Gasteiger partial charge in [-0.25, -0.2) is 16.8 Å². The summed E-state index contributed by atoms with van der Waals surface area (Å²) in [6, 6.07) is 0.962. The highest BCUT2D eigenvalue weighted by molar-refractivity contribution is 7.91. The van der Waals surface area contributed by atoms with Gasteiger partial charge in [0.2, 0.25) is 29.9 Å². The molecule has 0 aliphatic carbocycles. The Labute approximate surface area is 122 Å². The van der Waals surface area contributed by atoms with Crippen molar-refractivity contribution >= 4 is 25.6 Å². The van der Waals surface area contributed by atoms with Crippen molar-refractivity contribution in [2.24, 2.45) is 0 Å². The van der Waals surface area contributed by atoms with E-state index in [0.717, 1.165) is 18.6 Å². The van der Waals surface area contributed by atoms with Crippen molar-refractivity contribution in [1.82, 2.24) is 4.90 Å². The number of rotatable bonds is 3. The summed E-state index contributed by atoms with van der Waals surface area (Å²) < 4.78 is 56.4. The first-order valence-electron chi connectivity index (χ1n) is 6.01. The Bertz CT molecular complexity index is 754. The number of morpholine rings is 1. The van der Waals surface area contributed by atoms with Crippen LogP contribution in [0.3, 0.4) is 0 Å². The normalized spacial score (nSPS) is 17.0. The molecular weight excluding hydrogens is 322 g/mol. The zero-order valence-electron chi connectivity index (χ0n) is 11.5. The minimum absolute atomic E-state index is 0.264. The second kappa shape index (κ2) is 5.43. The zero-order chi connectivity index (χ0) is 15.8. The molecule has 0 radical (unpaired) electrons. The highest BCUT2D eigenvalue weighted by Crippen LogP contribution is 2.25. The first kappa shape index (κ1) is 16.0. The number of carbonyl (C=O) groups is 1. The summed E-state index contributed by atoms with van der Waals surface area (Å²) in [4.78, 5) is 13.8. The fourth-order valence-electron chi connectivity index (χ4n) is 1.90. The Morgan fingerprint density at radius 1 is 1.10 bits per heavy atom. The van der Waals surface area contributed by atoms with Crippen molar-refractivity contribution in [2.75, 3.05) is 38.8 Å². The molecule has 0 spiro atoms. The van der Waals surface area contributed by atoms with E-state index in [1.165, 1.54) is 4.90 Å². The Kier molecular flexibility index (Phi) is 4.13. The lowest BCUT2D eigenvalue weighted by molar-refractivity contribution is 0.0298. The van der Waals surface area contributed by atoms with Gasteiger partial charge in [0.1, 0.15) is 0 Å². The number of ether oxygens (including phenoxy) is 1. The number of hydrogen-bond donors (Lipinski definition) is 0. The topological polar surface area (TPSA) is 111 Å². The van der Waals surface area contributed by atoms with E-state index in [9.17, 15) is 21.6 Å². The van der Waals surface area contributed by atoms with Crippen LogP contribution in [-0.4, -0.2) is 66.5 Å². The minimum atomic E-state index is -3.87. The summed E-state index contributed by atoms with van der Waals surface area (Å²) >= 11 is 0. The number of sulfone groups is 2. The fourth-order valence-corrected chi connectivity index (χ4v) is 3.30. The molecule has 1 aromatic heterocycles. The summed E-state index contributed by atoms with van der Waals surface area (Å²) in [5, 5.41) is -1.17. The largest absolute Gasteiger partial charge is 0.432 e. The summed E-state index contributed by atoms with van der Waals surface area (Å²) in [5.74, 6) is -0.586. The lowest BCUT2D eigenvalue weighted by atomic mass is 10.3. The van der Waals surface area contributed by atoms with E-state index in [0.29, 0.717) is 26.3 Å². The number of hydrogen-bond acceptors (Lipinski definition) is 7. The third kappa shape index (κ3) is 3.44. The Morgan fingerprint density at radius 2 is 1.67 bits per heavy atom. The maximum Gasteiger partial charge on any atom is 0.258 e. The van der Waals surface area contributed by atoms with Crippen molar-refractivity contribution in [2.45, 2.75) is 10.2 Å². The SMILES string of the molecule is CS(=O)(=O)c1cc(C(=O)N2CCOCC2)c(S(C)(=O)=O)o1. The van der Waals surface area contributed by atoms with Gasteiger partial charge in [-0.3, -0.25) is 4.79 Å². The van der Waals surface area contributed by atoms with Gasteiger partial charge in [-0.15, -0.1) is 0 Å². The van der Waals surface area contributed by atoms with Crippen LogP contribution in [-0.2, 0) is 24.4 Å². The van der Waals surface area contributed by atoms with Gasteiger partial charge >= 0.3 is 0 Å². The third-order valence-electron chi connectivity index (χ3n) is 2.91. The number of furan rings is 1. The number of nitrogens with zero attached hydrogens (tertiary/aromatic N) is 1. The molecule has 0 atom stereocenters. The Hall–Kier alpha value is -1.39. The quantitative estimate of drug-likeness (QED) is 0.735. The maximum atomic E-state index is 12.4. The molecular formula is C11H15NO7S2. The van der Waals surface area contributed by atoms with E-state index in [-0.39, 0.29) is 5.56 Å². The summed E-state index contributed by atoms with van der Waals surface area (Å²) in [6.07, 6.45) is 1.73. The molecule has 1 amide bonds. The second-order valence-electron chi connectivity index (χ2n) is 4.72. The molecule has 1 aliphatic rings. The second-order valence-corrected chi connectivity index (χ2v) is 8.58. The molecule has 2 heterocycles. The van der Waals surface area contributed by atoms with Crippen LogP contribution >= 0.6 is 0 Å². The summed E-state index contributed by atoms with van der Waals surface area (Å²) in [6.45, 7) is 1.30. The smallest absolute Gasteiger partial charge is 0.258 e. The molecule has 0 unspecified atom stereocenters. The van der Waals surface area contributed by atoms with Crippen molar-refractivity contribution < 1.29 is 30.8 Å². The maximum absolute atomic E-state index is 12.4. The molecule has 2 rings (SSSR count). The molecule has 0 N–H and O–H groups in total. The van der Waals surface area contributed by atoms with E-state index in [1.807, 2.05) is 0 Å². The predicted octanol–water partition coefficient (Wildman–Crippen LogP) is -0.441. The van der Waals surface area contributed by atoms with Crippen molar-refractivity contribution in [3.05, 3.63) is 11.6 Å². The molecule has 8 nitrogen and oxygen atoms in total. The van der Waals surface area contributed by atoms with Crippen LogP contribution in [0.1, 0.15) is 10.4 Å². The van der Waals surface area contributed by atoms with E-state index < -0.39 is 35.8 Å². The average Bonchev–Trinajstić information content (AvgIpc) is 2.83. The average molecular weight is 337 g/mol. The predicted molar refractivity (Wildman–Crippen MR) is 71.7 cm³/mol. The number of carbonyl (C=O) groups excluding carboxylic acids is 1. The summed E-state index contributed by atoms with van der Waals surface area (Å²) in [5.41, 5.74) is -0.264. The van der Waals surface area contributed by atoms with Crippen molar-refractivity contribution in [1.29, 1.82) is 0 Å². The van der Waals surface area contributed by atoms with Crippen molar-refractivity contribution in [3.8, 4) is 0 Å². The number of amides is 1. The van der Waals surface area contributed by atoms with Gasteiger partial charge in [0.25, 0.3) is 5.91 Å². The molecule has 21 heavy (non-hydrogen) atoms.